The molecule has 4 atom stereocenters. The SMILES string of the molecule is O=C1NCC[C@H]1C[C@H](NC(=O)[C@@H]1CC2(CC2)CN1C(=O)C1CCC(F)(F)C1)C(=O)COC(F)(F)F. The highest BCUT2D eigenvalue weighted by Crippen LogP contribution is 2.55. The fraction of sp³-hybridized carbons (Fsp3) is 0.818. The summed E-state index contributed by atoms with van der Waals surface area (Å²) in [6, 6.07) is -2.45. The van der Waals surface area contributed by atoms with Crippen molar-refractivity contribution < 1.29 is 45.9 Å². The molecule has 2 aliphatic heterocycles. The molecule has 13 heteroatoms. The minimum Gasteiger partial charge on any atom is -0.356 e. The molecule has 4 aliphatic rings. The highest BCUT2D eigenvalue weighted by atomic mass is 19.4. The number of ketones is 1. The van der Waals surface area contributed by atoms with Gasteiger partial charge in [0.25, 0.3) is 0 Å². The largest absolute Gasteiger partial charge is 0.522 e. The minimum atomic E-state index is -5.05. The summed E-state index contributed by atoms with van der Waals surface area (Å²) < 4.78 is 68.4. The smallest absolute Gasteiger partial charge is 0.356 e. The average molecular weight is 509 g/mol. The Balaban J connectivity index is 1.47. The summed E-state index contributed by atoms with van der Waals surface area (Å²) >= 11 is 0. The maximum absolute atomic E-state index is 13.7. The predicted octanol–water partition coefficient (Wildman–Crippen LogP) is 1.92. The molecule has 2 heterocycles. The first-order valence-electron chi connectivity index (χ1n) is 11.8. The molecule has 1 spiro atoms. The summed E-state index contributed by atoms with van der Waals surface area (Å²) in [5.41, 5.74) is -0.275. The van der Waals surface area contributed by atoms with Gasteiger partial charge in [0.15, 0.2) is 5.78 Å². The van der Waals surface area contributed by atoms with E-state index < -0.39 is 73.3 Å². The Bertz CT molecular complexity index is 891. The molecule has 196 valence electrons. The zero-order chi connectivity index (χ0) is 25.6. The molecule has 2 aliphatic carbocycles. The number of carbonyl (C=O) groups excluding carboxylic acids is 4. The van der Waals surface area contributed by atoms with Gasteiger partial charge in [-0.25, -0.2) is 8.78 Å². The standard InChI is InChI=1S/C22H28F5N3O5/c23-21(24)3-1-13(8-21)19(34)30-11-20(4-5-20)9-15(30)18(33)29-14(7-12-2-6-28-17(12)32)16(31)10-35-22(25,26)27/h12-15H,1-11H2,(H,28,32)(H,29,33)/t12-,13?,14-,15-/m0/s1. The van der Waals surface area contributed by atoms with Crippen LogP contribution in [0.3, 0.4) is 0 Å². The van der Waals surface area contributed by atoms with Crippen LogP contribution in [-0.2, 0) is 23.9 Å². The Kier molecular flexibility index (Phi) is 6.84. The number of hydrogen-bond acceptors (Lipinski definition) is 5. The number of halogens is 5. The number of hydrogen-bond donors (Lipinski definition) is 2. The second-order valence-electron chi connectivity index (χ2n) is 10.3. The zero-order valence-corrected chi connectivity index (χ0v) is 19.0. The van der Waals surface area contributed by atoms with Gasteiger partial charge in [0.05, 0.1) is 6.04 Å². The molecule has 0 aromatic rings. The number of Topliss-reactive ketones (excluding diaryl/α,β-unsaturated/α-hetero) is 1. The number of carbonyl (C=O) groups is 4. The van der Waals surface area contributed by atoms with Crippen molar-refractivity contribution in [1.29, 1.82) is 0 Å². The molecule has 2 N–H and O–H groups in total. The fourth-order valence-electron chi connectivity index (χ4n) is 5.40. The third kappa shape index (κ3) is 6.10. The Labute approximate surface area is 198 Å². The Morgan fingerprint density at radius 1 is 1.14 bits per heavy atom. The van der Waals surface area contributed by atoms with Gasteiger partial charge in [0, 0.05) is 37.8 Å². The van der Waals surface area contributed by atoms with Crippen molar-refractivity contribution in [2.45, 2.75) is 75.7 Å². The topological polar surface area (TPSA) is 105 Å². The number of likely N-dealkylation sites (tertiary alicyclic amines) is 1. The van der Waals surface area contributed by atoms with E-state index in [0.717, 1.165) is 12.8 Å². The quantitative estimate of drug-likeness (QED) is 0.487. The summed E-state index contributed by atoms with van der Waals surface area (Å²) in [5.74, 6) is -7.22. The highest BCUT2D eigenvalue weighted by molar-refractivity contribution is 5.94. The summed E-state index contributed by atoms with van der Waals surface area (Å²) in [6.07, 6.45) is -4.06. The molecule has 3 amide bonds. The van der Waals surface area contributed by atoms with Crippen LogP contribution in [0, 0.1) is 17.3 Å². The lowest BCUT2D eigenvalue weighted by atomic mass is 9.95. The van der Waals surface area contributed by atoms with Crippen LogP contribution in [0.25, 0.3) is 0 Å². The maximum atomic E-state index is 13.7. The Hall–Kier alpha value is -2.31. The van der Waals surface area contributed by atoms with Gasteiger partial charge >= 0.3 is 6.36 Å². The molecule has 4 fully saturated rings. The van der Waals surface area contributed by atoms with Gasteiger partial charge in [-0.3, -0.25) is 23.9 Å². The summed E-state index contributed by atoms with van der Waals surface area (Å²) in [7, 11) is 0. The number of nitrogens with zero attached hydrogens (tertiary/aromatic N) is 1. The van der Waals surface area contributed by atoms with Crippen LogP contribution < -0.4 is 10.6 Å². The van der Waals surface area contributed by atoms with E-state index in [1.807, 2.05) is 0 Å². The normalized spacial score (nSPS) is 29.8. The summed E-state index contributed by atoms with van der Waals surface area (Å²) in [4.78, 5) is 52.1. The molecule has 0 aromatic heterocycles. The van der Waals surface area contributed by atoms with Crippen molar-refractivity contribution in [3.63, 3.8) is 0 Å². The van der Waals surface area contributed by atoms with Crippen molar-refractivity contribution >= 4 is 23.5 Å². The van der Waals surface area contributed by atoms with Crippen LogP contribution in [0.1, 0.15) is 51.4 Å². The third-order valence-electron chi connectivity index (χ3n) is 7.57. The molecule has 0 radical (unpaired) electrons. The molecule has 2 saturated carbocycles. The van der Waals surface area contributed by atoms with Crippen molar-refractivity contribution in [2.75, 3.05) is 19.7 Å². The van der Waals surface area contributed by atoms with Crippen molar-refractivity contribution in [1.82, 2.24) is 15.5 Å². The maximum Gasteiger partial charge on any atom is 0.522 e. The number of amides is 3. The summed E-state index contributed by atoms with van der Waals surface area (Å²) in [5, 5.41) is 5.01. The van der Waals surface area contributed by atoms with Gasteiger partial charge in [0.2, 0.25) is 23.6 Å². The molecule has 0 bridgehead atoms. The van der Waals surface area contributed by atoms with Crippen LogP contribution in [0.4, 0.5) is 22.0 Å². The van der Waals surface area contributed by atoms with E-state index in [2.05, 4.69) is 15.4 Å². The van der Waals surface area contributed by atoms with E-state index >= 15 is 0 Å². The first-order chi connectivity index (χ1) is 16.3. The van der Waals surface area contributed by atoms with Gasteiger partial charge in [-0.1, -0.05) is 0 Å². The Morgan fingerprint density at radius 3 is 2.40 bits per heavy atom. The number of ether oxygens (including phenoxy) is 1. The van der Waals surface area contributed by atoms with Crippen LogP contribution in [0.2, 0.25) is 0 Å². The van der Waals surface area contributed by atoms with E-state index in [4.69, 9.17) is 0 Å². The fourth-order valence-corrected chi connectivity index (χ4v) is 5.40. The van der Waals surface area contributed by atoms with Crippen LogP contribution in [0.5, 0.6) is 0 Å². The molecule has 2 saturated heterocycles. The molecule has 35 heavy (non-hydrogen) atoms. The molecular weight excluding hydrogens is 481 g/mol. The third-order valence-corrected chi connectivity index (χ3v) is 7.57. The highest BCUT2D eigenvalue weighted by Gasteiger charge is 2.57. The van der Waals surface area contributed by atoms with E-state index in [1.165, 1.54) is 4.90 Å². The van der Waals surface area contributed by atoms with Gasteiger partial charge < -0.3 is 15.5 Å². The van der Waals surface area contributed by atoms with Crippen molar-refractivity contribution in [3.05, 3.63) is 0 Å². The monoisotopic (exact) mass is 509 g/mol. The van der Waals surface area contributed by atoms with Crippen molar-refractivity contribution in [2.24, 2.45) is 17.3 Å². The molecule has 4 rings (SSSR count). The van der Waals surface area contributed by atoms with Crippen LogP contribution >= 0.6 is 0 Å². The second-order valence-corrected chi connectivity index (χ2v) is 10.3. The van der Waals surface area contributed by atoms with E-state index in [-0.39, 0.29) is 37.1 Å². The summed E-state index contributed by atoms with van der Waals surface area (Å²) in [6.45, 7) is -0.749. The van der Waals surface area contributed by atoms with Crippen LogP contribution in [0.15, 0.2) is 0 Å². The number of rotatable bonds is 8. The second kappa shape index (κ2) is 9.29. The first kappa shape index (κ1) is 25.8. The van der Waals surface area contributed by atoms with Crippen molar-refractivity contribution in [3.8, 4) is 0 Å². The van der Waals surface area contributed by atoms with Gasteiger partial charge in [0.1, 0.15) is 12.6 Å². The number of nitrogens with one attached hydrogen (secondary N) is 2. The number of alkyl halides is 5. The van der Waals surface area contributed by atoms with Gasteiger partial charge in [-0.2, -0.15) is 0 Å². The minimum absolute atomic E-state index is 0.0103. The average Bonchev–Trinajstić information content (AvgIpc) is 3.05. The lowest BCUT2D eigenvalue weighted by Gasteiger charge is -2.28. The lowest BCUT2D eigenvalue weighted by Crippen LogP contribution is -2.53. The predicted molar refractivity (Wildman–Crippen MR) is 109 cm³/mol. The molecule has 0 aromatic carbocycles. The van der Waals surface area contributed by atoms with Crippen LogP contribution in [-0.4, -0.2) is 72.5 Å². The molecule has 8 nitrogen and oxygen atoms in total. The van der Waals surface area contributed by atoms with Gasteiger partial charge in [-0.15, -0.1) is 13.2 Å². The van der Waals surface area contributed by atoms with E-state index in [1.54, 1.807) is 0 Å². The zero-order valence-electron chi connectivity index (χ0n) is 19.0. The van der Waals surface area contributed by atoms with E-state index in [0.29, 0.717) is 13.0 Å². The molecule has 1 unspecified atom stereocenters. The van der Waals surface area contributed by atoms with E-state index in [9.17, 15) is 41.1 Å². The van der Waals surface area contributed by atoms with Gasteiger partial charge in [-0.05, 0) is 43.9 Å². The molecular formula is C22H28F5N3O5. The lowest BCUT2D eigenvalue weighted by molar-refractivity contribution is -0.321. The Morgan fingerprint density at radius 2 is 1.86 bits per heavy atom. The first-order valence-corrected chi connectivity index (χ1v) is 11.8.